The van der Waals surface area contributed by atoms with Gasteiger partial charge in [-0.1, -0.05) is 0 Å². The van der Waals surface area contributed by atoms with Crippen LogP contribution in [-0.2, 0) is 7.05 Å². The van der Waals surface area contributed by atoms with Crippen molar-refractivity contribution in [1.29, 1.82) is 0 Å². The second kappa shape index (κ2) is 5.47. The molecule has 2 aromatic heterocycles. The lowest BCUT2D eigenvalue weighted by Crippen LogP contribution is -2.23. The zero-order valence-electron chi connectivity index (χ0n) is 12.6. The van der Waals surface area contributed by atoms with Gasteiger partial charge in [0.15, 0.2) is 0 Å². The summed E-state index contributed by atoms with van der Waals surface area (Å²) >= 11 is 1.87. The Bertz CT molecular complexity index is 562. The Morgan fingerprint density at radius 3 is 2.26 bits per heavy atom. The summed E-state index contributed by atoms with van der Waals surface area (Å²) in [4.78, 5) is 2.79. The van der Waals surface area contributed by atoms with Crippen molar-refractivity contribution in [3.05, 3.63) is 38.8 Å². The molecular weight excluding hydrogens is 254 g/mol. The first-order chi connectivity index (χ1) is 8.90. The number of nitrogens with zero attached hydrogens (tertiary/aromatic N) is 2. The average Bonchev–Trinajstić information content (AvgIpc) is 2.83. The average molecular weight is 277 g/mol. The largest absolute Gasteiger partial charge is 0.303 e. The third kappa shape index (κ3) is 2.90. The van der Waals surface area contributed by atoms with Gasteiger partial charge in [0, 0.05) is 40.1 Å². The number of thiophene rings is 1. The lowest BCUT2D eigenvalue weighted by molar-refractivity contribution is 0.492. The van der Waals surface area contributed by atoms with Crippen LogP contribution in [-0.4, -0.2) is 9.78 Å². The van der Waals surface area contributed by atoms with Gasteiger partial charge < -0.3 is 5.32 Å². The van der Waals surface area contributed by atoms with Crippen LogP contribution < -0.4 is 5.32 Å². The molecule has 0 fully saturated rings. The molecule has 2 atom stereocenters. The van der Waals surface area contributed by atoms with Crippen LogP contribution in [0.25, 0.3) is 0 Å². The Kier molecular flexibility index (Phi) is 4.11. The topological polar surface area (TPSA) is 29.9 Å². The smallest absolute Gasteiger partial charge is 0.0540 e. The zero-order chi connectivity index (χ0) is 14.2. The molecule has 2 heterocycles. The monoisotopic (exact) mass is 277 g/mol. The van der Waals surface area contributed by atoms with Crippen molar-refractivity contribution >= 4 is 11.3 Å². The fourth-order valence-corrected chi connectivity index (χ4v) is 3.60. The van der Waals surface area contributed by atoms with E-state index in [-0.39, 0.29) is 0 Å². The summed E-state index contributed by atoms with van der Waals surface area (Å²) in [6.45, 7) is 10.9. The maximum absolute atomic E-state index is 4.32. The molecule has 0 bridgehead atoms. The molecule has 2 unspecified atom stereocenters. The van der Waals surface area contributed by atoms with Crippen LogP contribution in [0, 0.1) is 20.8 Å². The Morgan fingerprint density at radius 1 is 1.16 bits per heavy atom. The van der Waals surface area contributed by atoms with Crippen LogP contribution in [0.2, 0.25) is 0 Å². The number of nitrogens with one attached hydrogen (secondary N) is 1. The number of hydrogen-bond acceptors (Lipinski definition) is 3. The maximum Gasteiger partial charge on any atom is 0.0540 e. The van der Waals surface area contributed by atoms with E-state index in [4.69, 9.17) is 0 Å². The molecule has 0 aromatic carbocycles. The Morgan fingerprint density at radius 2 is 1.79 bits per heavy atom. The van der Waals surface area contributed by atoms with Crippen molar-refractivity contribution in [1.82, 2.24) is 15.1 Å². The lowest BCUT2D eigenvalue weighted by Gasteiger charge is -2.20. The van der Waals surface area contributed by atoms with Gasteiger partial charge in [0.1, 0.15) is 0 Å². The van der Waals surface area contributed by atoms with Crippen molar-refractivity contribution in [2.24, 2.45) is 7.05 Å². The van der Waals surface area contributed by atoms with E-state index >= 15 is 0 Å². The molecule has 19 heavy (non-hydrogen) atoms. The van der Waals surface area contributed by atoms with E-state index < -0.39 is 0 Å². The molecule has 0 aliphatic heterocycles. The van der Waals surface area contributed by atoms with E-state index in [1.54, 1.807) is 0 Å². The molecule has 4 heteroatoms. The van der Waals surface area contributed by atoms with E-state index in [2.05, 4.69) is 51.1 Å². The normalized spacial score (nSPS) is 14.6. The third-order valence-corrected chi connectivity index (χ3v) is 4.77. The van der Waals surface area contributed by atoms with E-state index in [0.717, 1.165) is 0 Å². The Labute approximate surface area is 119 Å². The minimum Gasteiger partial charge on any atom is -0.303 e. The van der Waals surface area contributed by atoms with Gasteiger partial charge in [-0.2, -0.15) is 5.10 Å². The summed E-state index contributed by atoms with van der Waals surface area (Å²) in [5, 5.41) is 7.99. The molecular formula is C15H23N3S. The fraction of sp³-hybridized carbons (Fsp3) is 0.533. The molecule has 1 N–H and O–H groups in total. The standard InChI is InChI=1S/C15H23N3S/c1-9-7-14(13(5)19-9)10(2)17-11(3)15-8-16-18(6)12(15)4/h7-8,10-11,17H,1-6H3. The summed E-state index contributed by atoms with van der Waals surface area (Å²) in [5.74, 6) is 0. The van der Waals surface area contributed by atoms with Gasteiger partial charge in [-0.25, -0.2) is 0 Å². The zero-order valence-corrected chi connectivity index (χ0v) is 13.4. The minimum atomic E-state index is 0.309. The summed E-state index contributed by atoms with van der Waals surface area (Å²) in [5.41, 5.74) is 3.92. The van der Waals surface area contributed by atoms with Gasteiger partial charge >= 0.3 is 0 Å². The summed E-state index contributed by atoms with van der Waals surface area (Å²) in [6, 6.07) is 2.96. The van der Waals surface area contributed by atoms with Crippen molar-refractivity contribution in [2.75, 3.05) is 0 Å². The molecule has 104 valence electrons. The first-order valence-corrected chi connectivity index (χ1v) is 7.53. The number of rotatable bonds is 4. The molecule has 0 radical (unpaired) electrons. The first kappa shape index (κ1) is 14.3. The lowest BCUT2D eigenvalue weighted by atomic mass is 10.1. The van der Waals surface area contributed by atoms with Crippen LogP contribution in [0.3, 0.4) is 0 Å². The summed E-state index contributed by atoms with van der Waals surface area (Å²) in [6.07, 6.45) is 1.96. The van der Waals surface area contributed by atoms with Crippen molar-refractivity contribution in [3.63, 3.8) is 0 Å². The molecule has 2 aromatic rings. The highest BCUT2D eigenvalue weighted by Gasteiger charge is 2.17. The molecule has 0 saturated carbocycles. The van der Waals surface area contributed by atoms with Crippen molar-refractivity contribution in [3.8, 4) is 0 Å². The van der Waals surface area contributed by atoms with Gasteiger partial charge in [0.2, 0.25) is 0 Å². The molecule has 3 nitrogen and oxygen atoms in total. The van der Waals surface area contributed by atoms with Crippen LogP contribution >= 0.6 is 11.3 Å². The molecule has 0 aliphatic rings. The Hall–Kier alpha value is -1.13. The van der Waals surface area contributed by atoms with Crippen molar-refractivity contribution < 1.29 is 0 Å². The third-order valence-electron chi connectivity index (χ3n) is 3.79. The number of aryl methyl sites for hydroxylation is 3. The fourth-order valence-electron chi connectivity index (χ4n) is 2.58. The van der Waals surface area contributed by atoms with E-state index in [9.17, 15) is 0 Å². The van der Waals surface area contributed by atoms with E-state index in [1.807, 2.05) is 29.3 Å². The Balaban J connectivity index is 2.13. The van der Waals surface area contributed by atoms with Crippen LogP contribution in [0.1, 0.15) is 52.5 Å². The molecule has 0 aliphatic carbocycles. The van der Waals surface area contributed by atoms with Gasteiger partial charge in [-0.05, 0) is 46.2 Å². The minimum absolute atomic E-state index is 0.309. The van der Waals surface area contributed by atoms with E-state index in [0.29, 0.717) is 12.1 Å². The van der Waals surface area contributed by atoms with Crippen LogP contribution in [0.15, 0.2) is 12.3 Å². The molecule has 0 spiro atoms. The van der Waals surface area contributed by atoms with Gasteiger partial charge in [-0.15, -0.1) is 11.3 Å². The summed E-state index contributed by atoms with van der Waals surface area (Å²) < 4.78 is 1.93. The van der Waals surface area contributed by atoms with Crippen LogP contribution in [0.4, 0.5) is 0 Å². The highest BCUT2D eigenvalue weighted by Crippen LogP contribution is 2.28. The van der Waals surface area contributed by atoms with Gasteiger partial charge in [-0.3, -0.25) is 4.68 Å². The number of aromatic nitrogens is 2. The van der Waals surface area contributed by atoms with Gasteiger partial charge in [0.05, 0.1) is 6.20 Å². The predicted molar refractivity (Wildman–Crippen MR) is 81.7 cm³/mol. The highest BCUT2D eigenvalue weighted by molar-refractivity contribution is 7.12. The predicted octanol–water partition coefficient (Wildman–Crippen LogP) is 3.82. The number of hydrogen-bond donors (Lipinski definition) is 1. The SMILES string of the molecule is Cc1cc(C(C)NC(C)c2cnn(C)c2C)c(C)s1. The molecule has 2 rings (SSSR count). The molecule has 0 amide bonds. The van der Waals surface area contributed by atoms with Gasteiger partial charge in [0.25, 0.3) is 0 Å². The second-order valence-electron chi connectivity index (χ2n) is 5.29. The molecule has 0 saturated heterocycles. The first-order valence-electron chi connectivity index (χ1n) is 6.71. The van der Waals surface area contributed by atoms with Crippen molar-refractivity contribution in [2.45, 2.75) is 46.7 Å². The quantitative estimate of drug-likeness (QED) is 0.920. The maximum atomic E-state index is 4.32. The summed E-state index contributed by atoms with van der Waals surface area (Å²) in [7, 11) is 1.99. The van der Waals surface area contributed by atoms with Crippen LogP contribution in [0.5, 0.6) is 0 Å². The van der Waals surface area contributed by atoms with E-state index in [1.165, 1.54) is 26.6 Å². The highest BCUT2D eigenvalue weighted by atomic mass is 32.1. The second-order valence-corrected chi connectivity index (χ2v) is 6.75.